The highest BCUT2D eigenvalue weighted by atomic mass is 35.5. The Bertz CT molecular complexity index is 643. The van der Waals surface area contributed by atoms with Crippen LogP contribution in [0.5, 0.6) is 0 Å². The van der Waals surface area contributed by atoms with Gasteiger partial charge in [0, 0.05) is 17.0 Å². The van der Waals surface area contributed by atoms with Crippen LogP contribution in [0.15, 0.2) is 39.5 Å². The van der Waals surface area contributed by atoms with Crippen LogP contribution in [0.4, 0.5) is 0 Å². The van der Waals surface area contributed by atoms with Gasteiger partial charge in [-0.3, -0.25) is 9.98 Å². The zero-order valence-corrected chi connectivity index (χ0v) is 15.6. The van der Waals surface area contributed by atoms with Crippen molar-refractivity contribution < 1.29 is 4.74 Å². The Morgan fingerprint density at radius 2 is 2.26 bits per heavy atom. The molecule has 124 valence electrons. The normalized spacial score (nSPS) is 19.1. The zero-order valence-electron chi connectivity index (χ0n) is 13.3. The predicted molar refractivity (Wildman–Crippen MR) is 102 cm³/mol. The number of ether oxygens (including phenoxy) is 1. The molecule has 0 radical (unpaired) electrons. The van der Waals surface area contributed by atoms with Crippen molar-refractivity contribution in [3.8, 4) is 0 Å². The molecule has 0 spiro atoms. The van der Waals surface area contributed by atoms with Gasteiger partial charge in [-0.05, 0) is 36.6 Å². The van der Waals surface area contributed by atoms with Crippen molar-refractivity contribution in [2.45, 2.75) is 25.9 Å². The third kappa shape index (κ3) is 4.38. The first-order chi connectivity index (χ1) is 11.1. The first-order valence-corrected chi connectivity index (χ1v) is 9.54. The summed E-state index contributed by atoms with van der Waals surface area (Å²) in [5.41, 5.74) is 3.90. The van der Waals surface area contributed by atoms with Gasteiger partial charge >= 0.3 is 0 Å². The number of rotatable bonds is 6. The fraction of sp³-hybridized carbons (Fsp3) is 0.412. The molecule has 0 aromatic heterocycles. The van der Waals surface area contributed by atoms with Crippen molar-refractivity contribution in [3.05, 3.63) is 45.6 Å². The van der Waals surface area contributed by atoms with Crippen molar-refractivity contribution in [2.75, 3.05) is 18.7 Å². The maximum atomic E-state index is 6.31. The highest BCUT2D eigenvalue weighted by Gasteiger charge is 2.26. The Morgan fingerprint density at radius 1 is 1.48 bits per heavy atom. The summed E-state index contributed by atoms with van der Waals surface area (Å²) in [5, 5.41) is 1.23. The van der Waals surface area contributed by atoms with Gasteiger partial charge in [-0.25, -0.2) is 0 Å². The average Bonchev–Trinajstić information content (AvgIpc) is 2.58. The monoisotopic (exact) mass is 370 g/mol. The largest absolute Gasteiger partial charge is 0.368 e. The fourth-order valence-electron chi connectivity index (χ4n) is 2.63. The topological polar surface area (TPSA) is 34.0 Å². The molecule has 1 atom stereocenters. The number of aliphatic imine (C=N–C) groups is 2. The minimum atomic E-state index is -0.0853. The van der Waals surface area contributed by atoms with E-state index in [4.69, 9.17) is 27.9 Å². The third-order valence-corrected chi connectivity index (χ3v) is 4.87. The van der Waals surface area contributed by atoms with Crippen LogP contribution in [0, 0.1) is 0 Å². The van der Waals surface area contributed by atoms with Gasteiger partial charge in [-0.15, -0.1) is 11.8 Å². The second-order valence-electron chi connectivity index (χ2n) is 5.11. The van der Waals surface area contributed by atoms with Gasteiger partial charge in [0.15, 0.2) is 0 Å². The van der Waals surface area contributed by atoms with Gasteiger partial charge in [0.2, 0.25) is 0 Å². The Morgan fingerprint density at radius 3 is 2.91 bits per heavy atom. The summed E-state index contributed by atoms with van der Waals surface area (Å²) in [7, 11) is 0. The maximum absolute atomic E-state index is 6.31. The van der Waals surface area contributed by atoms with E-state index < -0.39 is 0 Å². The van der Waals surface area contributed by atoms with E-state index in [1.165, 1.54) is 0 Å². The van der Waals surface area contributed by atoms with E-state index in [1.54, 1.807) is 11.8 Å². The number of hydrogen-bond acceptors (Lipinski definition) is 4. The molecule has 1 aromatic carbocycles. The van der Waals surface area contributed by atoms with E-state index >= 15 is 0 Å². The minimum absolute atomic E-state index is 0.0853. The van der Waals surface area contributed by atoms with E-state index in [2.05, 4.69) is 29.7 Å². The van der Waals surface area contributed by atoms with Crippen molar-refractivity contribution in [1.29, 1.82) is 0 Å². The molecule has 0 saturated carbocycles. The molecule has 3 nitrogen and oxygen atoms in total. The van der Waals surface area contributed by atoms with E-state index in [9.17, 15) is 0 Å². The third-order valence-electron chi connectivity index (χ3n) is 3.78. The number of halogens is 2. The standard InChI is InChI=1S/C17H20Cl2N2OS/c1-4-11-12(6-5-7-14(11)18)16-8-15(20-2)13(9-22-16)17(19)21-10-23-3/h5-7,16H,2,4,8-10H2,1,3H3/b21-17+. The summed E-state index contributed by atoms with van der Waals surface area (Å²) in [5.74, 6) is 0.616. The van der Waals surface area contributed by atoms with E-state index in [0.717, 1.165) is 33.8 Å². The van der Waals surface area contributed by atoms with Crippen LogP contribution in [-0.4, -0.2) is 30.6 Å². The second kappa shape index (κ2) is 8.88. The molecule has 1 unspecified atom stereocenters. The molecule has 0 N–H and O–H groups in total. The molecular weight excluding hydrogens is 351 g/mol. The van der Waals surface area contributed by atoms with E-state index in [-0.39, 0.29) is 6.10 Å². The molecule has 0 bridgehead atoms. The summed E-state index contributed by atoms with van der Waals surface area (Å²) >= 11 is 14.2. The molecule has 1 heterocycles. The first kappa shape index (κ1) is 18.5. The van der Waals surface area contributed by atoms with Crippen LogP contribution in [0.3, 0.4) is 0 Å². The van der Waals surface area contributed by atoms with Gasteiger partial charge < -0.3 is 4.74 Å². The Balaban J connectivity index is 2.30. The lowest BCUT2D eigenvalue weighted by Crippen LogP contribution is -2.19. The lowest BCUT2D eigenvalue weighted by atomic mass is 9.94. The van der Waals surface area contributed by atoms with Crippen LogP contribution in [0.2, 0.25) is 5.02 Å². The molecule has 23 heavy (non-hydrogen) atoms. The molecule has 1 aliphatic rings. The van der Waals surface area contributed by atoms with Gasteiger partial charge in [0.25, 0.3) is 0 Å². The number of hydrogen-bond donors (Lipinski definition) is 0. The Kier molecular flexibility index (Phi) is 7.15. The van der Waals surface area contributed by atoms with Crippen molar-refractivity contribution in [3.63, 3.8) is 0 Å². The summed E-state index contributed by atoms with van der Waals surface area (Å²) in [6.07, 6.45) is 3.38. The van der Waals surface area contributed by atoms with Crippen LogP contribution in [0.1, 0.15) is 30.6 Å². The zero-order chi connectivity index (χ0) is 16.8. The smallest absolute Gasteiger partial charge is 0.131 e. The van der Waals surface area contributed by atoms with Gasteiger partial charge in [0.05, 0.1) is 24.3 Å². The van der Waals surface area contributed by atoms with Crippen molar-refractivity contribution in [1.82, 2.24) is 0 Å². The van der Waals surface area contributed by atoms with Gasteiger partial charge in [0.1, 0.15) is 5.17 Å². The molecule has 0 aliphatic carbocycles. The second-order valence-corrected chi connectivity index (χ2v) is 6.72. The molecule has 0 saturated heterocycles. The fourth-order valence-corrected chi connectivity index (χ4v) is 3.50. The molecular formula is C17H20Cl2N2OS. The van der Waals surface area contributed by atoms with Crippen molar-refractivity contribution >= 4 is 46.9 Å². The SMILES string of the molecule is C=NC1=C(/C(Cl)=N\CSC)COC(c2cccc(Cl)c2CC)C1. The molecule has 1 aromatic rings. The van der Waals surface area contributed by atoms with Crippen molar-refractivity contribution in [2.24, 2.45) is 9.98 Å². The maximum Gasteiger partial charge on any atom is 0.131 e. The minimum Gasteiger partial charge on any atom is -0.368 e. The summed E-state index contributed by atoms with van der Waals surface area (Å²) in [6.45, 7) is 6.15. The van der Waals surface area contributed by atoms with E-state index in [1.807, 2.05) is 18.4 Å². The van der Waals surface area contributed by atoms with E-state index in [0.29, 0.717) is 24.1 Å². The Labute approximate surface area is 151 Å². The first-order valence-electron chi connectivity index (χ1n) is 7.39. The predicted octanol–water partition coefficient (Wildman–Crippen LogP) is 5.28. The van der Waals surface area contributed by atoms with Crippen LogP contribution >= 0.6 is 35.0 Å². The molecule has 0 fully saturated rings. The Hall–Kier alpha value is -0.810. The highest BCUT2D eigenvalue weighted by molar-refractivity contribution is 7.98. The average molecular weight is 371 g/mol. The quantitative estimate of drug-likeness (QED) is 0.638. The molecule has 6 heteroatoms. The summed E-state index contributed by atoms with van der Waals surface area (Å²) in [4.78, 5) is 8.46. The highest BCUT2D eigenvalue weighted by Crippen LogP contribution is 2.36. The lowest BCUT2D eigenvalue weighted by Gasteiger charge is -2.27. The number of nitrogens with zero attached hydrogens (tertiary/aromatic N) is 2. The molecule has 1 aliphatic heterocycles. The van der Waals surface area contributed by atoms with Crippen LogP contribution in [0.25, 0.3) is 0 Å². The van der Waals surface area contributed by atoms with Gasteiger partial charge in [-0.2, -0.15) is 0 Å². The molecule has 2 rings (SSSR count). The number of thioether (sulfide) groups is 1. The summed E-state index contributed by atoms with van der Waals surface area (Å²) in [6, 6.07) is 5.92. The lowest BCUT2D eigenvalue weighted by molar-refractivity contribution is 0.0600. The number of benzene rings is 1. The molecule has 0 amide bonds. The summed E-state index contributed by atoms with van der Waals surface area (Å²) < 4.78 is 6.03. The van der Waals surface area contributed by atoms with Gasteiger partial charge in [-0.1, -0.05) is 42.3 Å². The van der Waals surface area contributed by atoms with Crippen LogP contribution < -0.4 is 0 Å². The van der Waals surface area contributed by atoms with Crippen LogP contribution in [-0.2, 0) is 11.2 Å².